The van der Waals surface area contributed by atoms with Crippen molar-refractivity contribution in [2.75, 3.05) is 17.2 Å². The van der Waals surface area contributed by atoms with E-state index in [1.54, 1.807) is 13.8 Å². The van der Waals surface area contributed by atoms with Crippen LogP contribution in [-0.4, -0.2) is 33.4 Å². The summed E-state index contributed by atoms with van der Waals surface area (Å²) in [6.07, 6.45) is 4.72. The molecule has 1 amide bonds. The quantitative estimate of drug-likeness (QED) is 0.361. The van der Waals surface area contributed by atoms with Gasteiger partial charge in [0.25, 0.3) is 5.91 Å². The lowest BCUT2D eigenvalue weighted by Crippen LogP contribution is -2.36. The minimum Gasteiger partial charge on any atom is -0.350 e. The second-order valence-electron chi connectivity index (χ2n) is 10.7. The summed E-state index contributed by atoms with van der Waals surface area (Å²) in [6.45, 7) is 7.86. The molecule has 2 aliphatic rings. The number of halogens is 1. The number of aromatic nitrogens is 3. The zero-order valence-corrected chi connectivity index (χ0v) is 21.9. The Bertz CT molecular complexity index is 1440. The van der Waals surface area contributed by atoms with Gasteiger partial charge >= 0.3 is 0 Å². The second kappa shape index (κ2) is 9.65. The molecule has 4 N–H and O–H groups in total. The van der Waals surface area contributed by atoms with Crippen LogP contribution in [0.2, 0.25) is 0 Å². The number of nitrogens with one attached hydrogen (secondary N) is 4. The number of fused-ring (bicyclic) bond motifs is 2. The molecule has 1 saturated carbocycles. The molecule has 3 aromatic rings. The number of nitrogens with zero attached hydrogens (tertiary/aromatic N) is 4. The van der Waals surface area contributed by atoms with Crippen LogP contribution in [0.5, 0.6) is 0 Å². The zero-order valence-electron chi connectivity index (χ0n) is 21.9. The molecule has 0 bridgehead atoms. The lowest BCUT2D eigenvalue weighted by atomic mass is 9.90. The Labute approximate surface area is 221 Å². The van der Waals surface area contributed by atoms with E-state index < -0.39 is 11.2 Å². The van der Waals surface area contributed by atoms with Gasteiger partial charge in [-0.3, -0.25) is 4.79 Å². The summed E-state index contributed by atoms with van der Waals surface area (Å²) in [6, 6.07) is 11.0. The summed E-state index contributed by atoms with van der Waals surface area (Å²) in [5.41, 5.74) is 2.74. The number of rotatable bonds is 7. The van der Waals surface area contributed by atoms with Crippen LogP contribution in [0.3, 0.4) is 0 Å². The molecule has 0 unspecified atom stereocenters. The fraction of sp³-hybridized carbons (Fsp3) is 0.393. The molecule has 10 heteroatoms. The number of carbonyl (C=O) groups excluding carboxylic acids is 1. The van der Waals surface area contributed by atoms with Gasteiger partial charge in [-0.25, -0.2) is 14.4 Å². The topological polar surface area (TPSA) is 128 Å². The number of pyridine rings is 1. The smallest absolute Gasteiger partial charge is 0.256 e. The van der Waals surface area contributed by atoms with Crippen molar-refractivity contribution in [2.45, 2.75) is 64.0 Å². The largest absolute Gasteiger partial charge is 0.350 e. The molecule has 3 heterocycles. The van der Waals surface area contributed by atoms with Gasteiger partial charge in [-0.05, 0) is 82.3 Å². The van der Waals surface area contributed by atoms with Crippen molar-refractivity contribution in [2.24, 2.45) is 0 Å². The van der Waals surface area contributed by atoms with Crippen LogP contribution in [0, 0.1) is 17.1 Å². The molecule has 1 spiro atoms. The Morgan fingerprint density at radius 1 is 1.18 bits per heavy atom. The van der Waals surface area contributed by atoms with E-state index in [2.05, 4.69) is 54.4 Å². The van der Waals surface area contributed by atoms with E-state index in [1.807, 2.05) is 19.9 Å². The maximum Gasteiger partial charge on any atom is 0.256 e. The molecule has 1 aliphatic carbocycles. The Kier molecular flexibility index (Phi) is 6.49. The lowest BCUT2D eigenvalue weighted by Gasteiger charge is -2.27. The maximum atomic E-state index is 14.5. The highest BCUT2D eigenvalue weighted by Crippen LogP contribution is 2.49. The Balaban J connectivity index is 1.47. The van der Waals surface area contributed by atoms with E-state index in [-0.39, 0.29) is 40.4 Å². The van der Waals surface area contributed by atoms with Gasteiger partial charge in [-0.15, -0.1) is 0 Å². The second-order valence-corrected chi connectivity index (χ2v) is 10.7. The first-order chi connectivity index (χ1) is 18.1. The van der Waals surface area contributed by atoms with Gasteiger partial charge in [0, 0.05) is 30.0 Å². The first kappa shape index (κ1) is 25.5. The van der Waals surface area contributed by atoms with Crippen LogP contribution < -0.4 is 21.3 Å². The average molecular weight is 515 g/mol. The summed E-state index contributed by atoms with van der Waals surface area (Å²) in [7, 11) is 0. The van der Waals surface area contributed by atoms with Crippen molar-refractivity contribution in [1.29, 1.82) is 5.26 Å². The molecule has 9 nitrogen and oxygen atoms in total. The molecule has 1 aliphatic heterocycles. The van der Waals surface area contributed by atoms with Gasteiger partial charge < -0.3 is 21.3 Å². The third-order valence-electron chi connectivity index (χ3n) is 6.90. The number of hydrogen-bond donors (Lipinski definition) is 4. The van der Waals surface area contributed by atoms with E-state index in [0.717, 1.165) is 31.5 Å². The standard InChI is InChI=1S/C28H31FN8O/c1-16(2)33-25(38)19-14-31-26(34-18-5-6-20-17(13-18)9-12-32-28(20)10-11-28)37-24(19)36-22-8-7-21(29)23(35-22)27(3,4)15-30/h5-8,13-14,16,32H,9-12H2,1-4H3,(H,33,38)(H2,31,34,35,36,37). The SMILES string of the molecule is CC(C)NC(=O)c1cnc(Nc2ccc3c(c2)CCNC32CC2)nc1Nc1ccc(F)c(C(C)(C)C#N)n1. The summed E-state index contributed by atoms with van der Waals surface area (Å²) < 4.78 is 14.5. The Morgan fingerprint density at radius 2 is 1.97 bits per heavy atom. The third kappa shape index (κ3) is 5.02. The Morgan fingerprint density at radius 3 is 2.68 bits per heavy atom. The number of amides is 1. The van der Waals surface area contributed by atoms with Crippen molar-refractivity contribution in [3.05, 3.63) is 64.7 Å². The van der Waals surface area contributed by atoms with Crippen molar-refractivity contribution in [3.8, 4) is 6.07 Å². The van der Waals surface area contributed by atoms with E-state index >= 15 is 0 Å². The summed E-state index contributed by atoms with van der Waals surface area (Å²) >= 11 is 0. The summed E-state index contributed by atoms with van der Waals surface area (Å²) in [4.78, 5) is 26.2. The van der Waals surface area contributed by atoms with Gasteiger partial charge in [-0.1, -0.05) is 6.07 Å². The van der Waals surface area contributed by atoms with Gasteiger partial charge in [-0.2, -0.15) is 10.2 Å². The number of carbonyl (C=O) groups is 1. The number of nitriles is 1. The fourth-order valence-electron chi connectivity index (χ4n) is 4.74. The van der Waals surface area contributed by atoms with Crippen LogP contribution in [0.1, 0.15) is 67.7 Å². The monoisotopic (exact) mass is 514 g/mol. The first-order valence-corrected chi connectivity index (χ1v) is 12.8. The molecule has 0 radical (unpaired) electrons. The number of benzene rings is 1. The minimum atomic E-state index is -1.14. The highest BCUT2D eigenvalue weighted by Gasteiger charge is 2.46. The number of hydrogen-bond acceptors (Lipinski definition) is 8. The predicted molar refractivity (Wildman–Crippen MR) is 143 cm³/mol. The molecule has 38 heavy (non-hydrogen) atoms. The third-order valence-corrected chi connectivity index (χ3v) is 6.90. The average Bonchev–Trinajstić information content (AvgIpc) is 3.64. The molecule has 196 valence electrons. The van der Waals surface area contributed by atoms with Crippen LogP contribution in [0.15, 0.2) is 36.5 Å². The molecule has 0 saturated heterocycles. The van der Waals surface area contributed by atoms with Crippen LogP contribution in [0.4, 0.5) is 27.7 Å². The van der Waals surface area contributed by atoms with Gasteiger partial charge in [0.2, 0.25) is 5.95 Å². The van der Waals surface area contributed by atoms with Crippen molar-refractivity contribution < 1.29 is 9.18 Å². The minimum absolute atomic E-state index is 0.00238. The normalized spacial score (nSPS) is 15.5. The van der Waals surface area contributed by atoms with Gasteiger partial charge in [0.1, 0.15) is 23.0 Å². The molecule has 1 fully saturated rings. The molecular formula is C28H31FN8O. The molecule has 5 rings (SSSR count). The molecule has 2 aromatic heterocycles. The van der Waals surface area contributed by atoms with Crippen LogP contribution in [-0.2, 0) is 17.4 Å². The van der Waals surface area contributed by atoms with Crippen molar-refractivity contribution in [1.82, 2.24) is 25.6 Å². The fourth-order valence-corrected chi connectivity index (χ4v) is 4.74. The van der Waals surface area contributed by atoms with Gasteiger partial charge in [0.05, 0.1) is 17.2 Å². The van der Waals surface area contributed by atoms with Crippen molar-refractivity contribution >= 4 is 29.2 Å². The van der Waals surface area contributed by atoms with E-state index in [1.165, 1.54) is 29.5 Å². The highest BCUT2D eigenvalue weighted by molar-refractivity contribution is 5.99. The van der Waals surface area contributed by atoms with Crippen LogP contribution >= 0.6 is 0 Å². The Hall–Kier alpha value is -4.10. The summed E-state index contributed by atoms with van der Waals surface area (Å²) in [5, 5.41) is 22.2. The van der Waals surface area contributed by atoms with Crippen LogP contribution in [0.25, 0.3) is 0 Å². The lowest BCUT2D eigenvalue weighted by molar-refractivity contribution is 0.0943. The summed E-state index contributed by atoms with van der Waals surface area (Å²) in [5.74, 6) is -0.183. The van der Waals surface area contributed by atoms with Crippen molar-refractivity contribution in [3.63, 3.8) is 0 Å². The zero-order chi connectivity index (χ0) is 27.1. The molecule has 1 aromatic carbocycles. The molecular weight excluding hydrogens is 483 g/mol. The molecule has 0 atom stereocenters. The van der Waals surface area contributed by atoms with E-state index in [9.17, 15) is 14.4 Å². The maximum absolute atomic E-state index is 14.5. The number of anilines is 4. The van der Waals surface area contributed by atoms with Gasteiger partial charge in [0.15, 0.2) is 0 Å². The highest BCUT2D eigenvalue weighted by atomic mass is 19.1. The first-order valence-electron chi connectivity index (χ1n) is 12.8. The van der Waals surface area contributed by atoms with E-state index in [0.29, 0.717) is 5.95 Å². The predicted octanol–water partition coefficient (Wildman–Crippen LogP) is 4.57. The van der Waals surface area contributed by atoms with E-state index in [4.69, 9.17) is 0 Å².